The zero-order valence-electron chi connectivity index (χ0n) is 12.8. The van der Waals surface area contributed by atoms with Crippen LogP contribution in [0.2, 0.25) is 0 Å². The van der Waals surface area contributed by atoms with Crippen LogP contribution in [-0.4, -0.2) is 32.3 Å². The summed E-state index contributed by atoms with van der Waals surface area (Å²) in [5.74, 6) is -0.359. The monoisotopic (exact) mass is 330 g/mol. The van der Waals surface area contributed by atoms with Gasteiger partial charge in [-0.25, -0.2) is 4.79 Å². The van der Waals surface area contributed by atoms with E-state index in [0.29, 0.717) is 25.8 Å². The summed E-state index contributed by atoms with van der Waals surface area (Å²) in [5, 5.41) is 5.06. The molecule has 0 saturated heterocycles. The van der Waals surface area contributed by atoms with Crippen molar-refractivity contribution in [3.8, 4) is 5.75 Å². The van der Waals surface area contributed by atoms with Gasteiger partial charge < -0.3 is 20.1 Å². The van der Waals surface area contributed by atoms with Crippen LogP contribution in [0.25, 0.3) is 0 Å². The third kappa shape index (κ3) is 7.98. The Morgan fingerprint density at radius 2 is 1.91 bits per heavy atom. The van der Waals surface area contributed by atoms with Crippen molar-refractivity contribution in [1.29, 1.82) is 0 Å². The van der Waals surface area contributed by atoms with Gasteiger partial charge in [-0.3, -0.25) is 4.79 Å². The van der Waals surface area contributed by atoms with Crippen LogP contribution >= 0.6 is 0 Å². The van der Waals surface area contributed by atoms with Gasteiger partial charge in [-0.15, -0.1) is 0 Å². The highest BCUT2D eigenvalue weighted by atomic mass is 19.3. The number of carbonyl (C=O) groups is 2. The largest absolute Gasteiger partial charge is 0.469 e. The topological polar surface area (TPSA) is 76.7 Å². The quantitative estimate of drug-likeness (QED) is 0.539. The summed E-state index contributed by atoms with van der Waals surface area (Å²) < 4.78 is 33.3. The second kappa shape index (κ2) is 10.4. The lowest BCUT2D eigenvalue weighted by atomic mass is 10.2. The smallest absolute Gasteiger partial charge is 0.387 e. The third-order valence-corrected chi connectivity index (χ3v) is 2.92. The number of ether oxygens (including phenoxy) is 2. The summed E-state index contributed by atoms with van der Waals surface area (Å²) in [5.41, 5.74) is 0.163. The number of urea groups is 1. The maximum atomic E-state index is 12.3. The fraction of sp³-hybridized carbons (Fsp3) is 0.467. The normalized spacial score (nSPS) is 10.3. The molecule has 0 heterocycles. The maximum absolute atomic E-state index is 12.3. The van der Waals surface area contributed by atoms with Gasteiger partial charge in [0.25, 0.3) is 0 Å². The van der Waals surface area contributed by atoms with Gasteiger partial charge in [-0.05, 0) is 25.0 Å². The molecule has 0 radical (unpaired) electrons. The third-order valence-electron chi connectivity index (χ3n) is 2.92. The van der Waals surface area contributed by atoms with Crippen LogP contribution in [0.3, 0.4) is 0 Å². The van der Waals surface area contributed by atoms with Crippen LogP contribution in [0, 0.1) is 0 Å². The summed E-state index contributed by atoms with van der Waals surface area (Å²) in [6.07, 6.45) is 2.49. The molecule has 0 aliphatic carbocycles. The first-order chi connectivity index (χ1) is 11.0. The second-order valence-electron chi connectivity index (χ2n) is 4.64. The number of hydrogen-bond acceptors (Lipinski definition) is 4. The van der Waals surface area contributed by atoms with Crippen molar-refractivity contribution in [1.82, 2.24) is 5.32 Å². The number of carbonyl (C=O) groups excluding carboxylic acids is 2. The van der Waals surface area contributed by atoms with E-state index < -0.39 is 12.6 Å². The molecule has 1 rings (SSSR count). The zero-order valence-corrected chi connectivity index (χ0v) is 12.8. The molecule has 0 aromatic heterocycles. The van der Waals surface area contributed by atoms with Gasteiger partial charge in [-0.1, -0.05) is 18.6 Å². The molecule has 0 aliphatic heterocycles. The van der Waals surface area contributed by atoms with Crippen molar-refractivity contribution in [2.75, 3.05) is 19.0 Å². The molecule has 0 aliphatic rings. The van der Waals surface area contributed by atoms with E-state index in [4.69, 9.17) is 0 Å². The SMILES string of the molecule is COC(=O)CCCCCNC(=O)Nc1ccccc1OC(F)F. The molecule has 0 bridgehead atoms. The molecule has 1 aromatic rings. The van der Waals surface area contributed by atoms with Crippen molar-refractivity contribution in [2.45, 2.75) is 32.3 Å². The Morgan fingerprint density at radius 3 is 2.61 bits per heavy atom. The summed E-state index contributed by atoms with van der Waals surface area (Å²) in [6.45, 7) is -2.55. The Bertz CT molecular complexity index is 512. The summed E-state index contributed by atoms with van der Waals surface area (Å²) in [4.78, 5) is 22.6. The number of halogens is 2. The number of para-hydroxylation sites is 2. The lowest BCUT2D eigenvalue weighted by Gasteiger charge is -2.12. The van der Waals surface area contributed by atoms with Crippen LogP contribution in [0.15, 0.2) is 24.3 Å². The molecule has 128 valence electrons. The van der Waals surface area contributed by atoms with E-state index in [1.165, 1.54) is 25.3 Å². The van der Waals surface area contributed by atoms with Gasteiger partial charge in [0.2, 0.25) is 0 Å². The van der Waals surface area contributed by atoms with Crippen molar-refractivity contribution in [3.63, 3.8) is 0 Å². The van der Waals surface area contributed by atoms with Gasteiger partial charge in [0.05, 0.1) is 12.8 Å². The molecular formula is C15H20F2N2O4. The van der Waals surface area contributed by atoms with Gasteiger partial charge in [-0.2, -0.15) is 8.78 Å². The molecule has 0 fully saturated rings. The Labute approximate surface area is 133 Å². The maximum Gasteiger partial charge on any atom is 0.387 e. The molecule has 0 unspecified atom stereocenters. The highest BCUT2D eigenvalue weighted by molar-refractivity contribution is 5.90. The molecule has 0 saturated carbocycles. The number of alkyl halides is 2. The van der Waals surface area contributed by atoms with Gasteiger partial charge in [0.15, 0.2) is 0 Å². The summed E-state index contributed by atoms with van der Waals surface area (Å²) >= 11 is 0. The van der Waals surface area contributed by atoms with Crippen molar-refractivity contribution >= 4 is 17.7 Å². The number of hydrogen-bond donors (Lipinski definition) is 2. The molecule has 0 atom stereocenters. The first kappa shape index (κ1) is 18.7. The lowest BCUT2D eigenvalue weighted by Crippen LogP contribution is -2.29. The van der Waals surface area contributed by atoms with Crippen molar-refractivity contribution < 1.29 is 27.8 Å². The Hall–Kier alpha value is -2.38. The standard InChI is InChI=1S/C15H20F2N2O4/c1-22-13(20)9-3-2-6-10-18-15(21)19-11-7-4-5-8-12(11)23-14(16)17/h4-5,7-8,14H,2-3,6,9-10H2,1H3,(H2,18,19,21). The van der Waals surface area contributed by atoms with Gasteiger partial charge in [0.1, 0.15) is 5.75 Å². The highest BCUT2D eigenvalue weighted by Crippen LogP contribution is 2.25. The van der Waals surface area contributed by atoms with Gasteiger partial charge >= 0.3 is 18.6 Å². The first-order valence-corrected chi connectivity index (χ1v) is 7.18. The van der Waals surface area contributed by atoms with Crippen LogP contribution in [0.4, 0.5) is 19.3 Å². The van der Waals surface area contributed by atoms with E-state index in [0.717, 1.165) is 6.42 Å². The van der Waals surface area contributed by atoms with Crippen LogP contribution in [0.1, 0.15) is 25.7 Å². The van der Waals surface area contributed by atoms with E-state index in [1.807, 2.05) is 0 Å². The minimum Gasteiger partial charge on any atom is -0.469 e. The van der Waals surface area contributed by atoms with E-state index >= 15 is 0 Å². The van der Waals surface area contributed by atoms with Crippen LogP contribution in [-0.2, 0) is 9.53 Å². The number of unbranched alkanes of at least 4 members (excludes halogenated alkanes) is 2. The van der Waals surface area contributed by atoms with Crippen LogP contribution in [0.5, 0.6) is 5.75 Å². The minimum absolute atomic E-state index is 0.101. The Kier molecular flexibility index (Phi) is 8.41. The van der Waals surface area contributed by atoms with E-state index in [2.05, 4.69) is 20.1 Å². The number of nitrogens with one attached hydrogen (secondary N) is 2. The number of anilines is 1. The van der Waals surface area contributed by atoms with E-state index in [-0.39, 0.29) is 17.4 Å². The Balaban J connectivity index is 2.28. The van der Waals surface area contributed by atoms with Gasteiger partial charge in [0, 0.05) is 13.0 Å². The average Bonchev–Trinajstić information content (AvgIpc) is 2.51. The fourth-order valence-electron chi connectivity index (χ4n) is 1.81. The number of amides is 2. The molecule has 2 N–H and O–H groups in total. The van der Waals surface area contributed by atoms with Crippen molar-refractivity contribution in [3.05, 3.63) is 24.3 Å². The molecular weight excluding hydrogens is 310 g/mol. The Morgan fingerprint density at radius 1 is 1.17 bits per heavy atom. The second-order valence-corrected chi connectivity index (χ2v) is 4.64. The average molecular weight is 330 g/mol. The fourth-order valence-corrected chi connectivity index (χ4v) is 1.81. The number of esters is 1. The number of rotatable bonds is 9. The first-order valence-electron chi connectivity index (χ1n) is 7.18. The molecule has 2 amide bonds. The molecule has 1 aromatic carbocycles. The zero-order chi connectivity index (χ0) is 17.1. The predicted octanol–water partition coefficient (Wildman–Crippen LogP) is 3.14. The summed E-state index contributed by atoms with van der Waals surface area (Å²) in [6, 6.07) is 5.42. The molecule has 23 heavy (non-hydrogen) atoms. The number of methoxy groups -OCH3 is 1. The molecule has 8 heteroatoms. The molecule has 6 nitrogen and oxygen atoms in total. The van der Waals surface area contributed by atoms with E-state index in [1.54, 1.807) is 6.07 Å². The minimum atomic E-state index is -2.96. The van der Waals surface area contributed by atoms with E-state index in [9.17, 15) is 18.4 Å². The van der Waals surface area contributed by atoms with Crippen molar-refractivity contribution in [2.24, 2.45) is 0 Å². The highest BCUT2D eigenvalue weighted by Gasteiger charge is 2.11. The summed E-state index contributed by atoms with van der Waals surface area (Å²) in [7, 11) is 1.34. The predicted molar refractivity (Wildman–Crippen MR) is 80.6 cm³/mol. The lowest BCUT2D eigenvalue weighted by molar-refractivity contribution is -0.140. The van der Waals surface area contributed by atoms with Crippen LogP contribution < -0.4 is 15.4 Å². The molecule has 0 spiro atoms. The number of benzene rings is 1.